The van der Waals surface area contributed by atoms with Crippen molar-refractivity contribution in [3.8, 4) is 6.07 Å². The van der Waals surface area contributed by atoms with Crippen LogP contribution in [0.15, 0.2) is 18.2 Å². The predicted molar refractivity (Wildman–Crippen MR) is 53.3 cm³/mol. The zero-order valence-electron chi connectivity index (χ0n) is 8.46. The Morgan fingerprint density at radius 2 is 2.19 bits per heavy atom. The highest BCUT2D eigenvalue weighted by Gasteiger charge is 2.08. The molecule has 0 radical (unpaired) electrons. The maximum Gasteiger partial charge on any atom is 0.224 e. The molecule has 0 aliphatic rings. The Labute approximate surface area is 91.7 Å². The molecule has 1 aromatic rings. The number of hydrogen-bond acceptors (Lipinski definition) is 2. The first-order valence-electron chi connectivity index (χ1n) is 4.71. The summed E-state index contributed by atoms with van der Waals surface area (Å²) in [4.78, 5) is 11.2. The Kier molecular flexibility index (Phi) is 4.40. The molecule has 1 rings (SSSR count). The minimum absolute atomic E-state index is 0.135. The minimum Gasteiger partial charge on any atom is -0.355 e. The number of nitrogens with zero attached hydrogens (tertiary/aromatic N) is 1. The second-order valence-electron chi connectivity index (χ2n) is 3.17. The number of carbonyl (C=O) groups is 1. The van der Waals surface area contributed by atoms with Crippen LogP contribution in [0.25, 0.3) is 0 Å². The maximum absolute atomic E-state index is 13.1. The lowest BCUT2D eigenvalue weighted by Crippen LogP contribution is -2.26. The van der Waals surface area contributed by atoms with E-state index in [-0.39, 0.29) is 30.9 Å². The molecule has 3 nitrogen and oxygen atoms in total. The summed E-state index contributed by atoms with van der Waals surface area (Å²) in [6.07, 6.45) is 0.0508. The quantitative estimate of drug-likeness (QED) is 0.788. The number of rotatable bonds is 4. The van der Waals surface area contributed by atoms with Crippen LogP contribution in [0, 0.1) is 23.0 Å². The fourth-order valence-corrected chi connectivity index (χ4v) is 1.16. The predicted octanol–water partition coefficient (Wildman–Crippen LogP) is 1.54. The van der Waals surface area contributed by atoms with E-state index in [9.17, 15) is 13.6 Å². The third kappa shape index (κ3) is 3.65. The maximum atomic E-state index is 13.1. The summed E-state index contributed by atoms with van der Waals surface area (Å²) in [5, 5.41) is 10.7. The molecule has 1 N–H and O–H groups in total. The first-order chi connectivity index (χ1) is 7.63. The molecule has 0 aliphatic heterocycles. The van der Waals surface area contributed by atoms with Crippen molar-refractivity contribution in [2.75, 3.05) is 6.54 Å². The smallest absolute Gasteiger partial charge is 0.224 e. The van der Waals surface area contributed by atoms with Gasteiger partial charge in [0, 0.05) is 12.6 Å². The van der Waals surface area contributed by atoms with Crippen molar-refractivity contribution in [3.05, 3.63) is 35.4 Å². The number of nitriles is 1. The van der Waals surface area contributed by atoms with Crippen molar-refractivity contribution in [2.24, 2.45) is 0 Å². The van der Waals surface area contributed by atoms with Gasteiger partial charge in [0.25, 0.3) is 0 Å². The summed E-state index contributed by atoms with van der Waals surface area (Å²) in [6, 6.07) is 4.93. The van der Waals surface area contributed by atoms with Crippen molar-refractivity contribution in [1.29, 1.82) is 5.26 Å². The van der Waals surface area contributed by atoms with Gasteiger partial charge in [-0.1, -0.05) is 6.07 Å². The molecule has 1 aromatic carbocycles. The molecule has 84 valence electrons. The number of carbonyl (C=O) groups excluding carboxylic acids is 1. The largest absolute Gasteiger partial charge is 0.355 e. The van der Waals surface area contributed by atoms with Gasteiger partial charge in [-0.05, 0) is 11.6 Å². The van der Waals surface area contributed by atoms with E-state index in [1.165, 1.54) is 6.07 Å². The molecule has 0 aliphatic carbocycles. The molecular formula is C11H10F2N2O. The van der Waals surface area contributed by atoms with Gasteiger partial charge in [0.15, 0.2) is 0 Å². The summed E-state index contributed by atoms with van der Waals surface area (Å²) in [6.45, 7) is 0.234. The lowest BCUT2D eigenvalue weighted by molar-refractivity contribution is -0.120. The van der Waals surface area contributed by atoms with E-state index in [0.717, 1.165) is 12.1 Å². The summed E-state index contributed by atoms with van der Waals surface area (Å²) >= 11 is 0. The average Bonchev–Trinajstić information content (AvgIpc) is 2.23. The third-order valence-corrected chi connectivity index (χ3v) is 1.93. The van der Waals surface area contributed by atoms with E-state index in [1.807, 2.05) is 6.07 Å². The van der Waals surface area contributed by atoms with E-state index < -0.39 is 11.6 Å². The number of halogens is 2. The molecule has 0 bridgehead atoms. The van der Waals surface area contributed by atoms with Gasteiger partial charge in [0.2, 0.25) is 5.91 Å². The van der Waals surface area contributed by atoms with Gasteiger partial charge in [-0.25, -0.2) is 8.78 Å². The monoisotopic (exact) mass is 224 g/mol. The summed E-state index contributed by atoms with van der Waals surface area (Å²) in [5.74, 6) is -1.80. The number of nitrogens with one attached hydrogen (secondary N) is 1. The fourth-order valence-electron chi connectivity index (χ4n) is 1.16. The number of amides is 1. The van der Waals surface area contributed by atoms with Gasteiger partial charge >= 0.3 is 0 Å². The lowest BCUT2D eigenvalue weighted by Gasteiger charge is -2.04. The van der Waals surface area contributed by atoms with Crippen LogP contribution in [0.2, 0.25) is 0 Å². The average molecular weight is 224 g/mol. The van der Waals surface area contributed by atoms with Gasteiger partial charge < -0.3 is 5.32 Å². The lowest BCUT2D eigenvalue weighted by atomic mass is 10.1. The van der Waals surface area contributed by atoms with Gasteiger partial charge in [-0.15, -0.1) is 0 Å². The van der Waals surface area contributed by atoms with Gasteiger partial charge in [-0.3, -0.25) is 4.79 Å². The van der Waals surface area contributed by atoms with E-state index in [0.29, 0.717) is 0 Å². The third-order valence-electron chi connectivity index (χ3n) is 1.93. The highest BCUT2D eigenvalue weighted by molar-refractivity contribution is 5.78. The Balaban J connectivity index is 2.53. The molecule has 0 atom stereocenters. The van der Waals surface area contributed by atoms with Crippen LogP contribution in [-0.2, 0) is 11.2 Å². The van der Waals surface area contributed by atoms with Crippen molar-refractivity contribution in [2.45, 2.75) is 12.8 Å². The first-order valence-corrected chi connectivity index (χ1v) is 4.71. The highest BCUT2D eigenvalue weighted by Crippen LogP contribution is 2.09. The van der Waals surface area contributed by atoms with Crippen LogP contribution in [0.1, 0.15) is 12.0 Å². The summed E-state index contributed by atoms with van der Waals surface area (Å²) < 4.78 is 25.7. The number of benzene rings is 1. The molecule has 0 aromatic heterocycles. The molecule has 0 unspecified atom stereocenters. The van der Waals surface area contributed by atoms with Crippen molar-refractivity contribution in [3.63, 3.8) is 0 Å². The van der Waals surface area contributed by atoms with Crippen molar-refractivity contribution >= 4 is 5.91 Å². The molecular weight excluding hydrogens is 214 g/mol. The highest BCUT2D eigenvalue weighted by atomic mass is 19.1. The molecule has 5 heteroatoms. The minimum atomic E-state index is -0.740. The fraction of sp³-hybridized carbons (Fsp3) is 0.273. The second-order valence-corrected chi connectivity index (χ2v) is 3.17. The molecule has 0 fully saturated rings. The Bertz CT molecular complexity index is 426. The zero-order valence-corrected chi connectivity index (χ0v) is 8.46. The van der Waals surface area contributed by atoms with Crippen LogP contribution in [0.5, 0.6) is 0 Å². The molecule has 0 spiro atoms. The topological polar surface area (TPSA) is 52.9 Å². The van der Waals surface area contributed by atoms with Crippen LogP contribution >= 0.6 is 0 Å². The van der Waals surface area contributed by atoms with E-state index in [1.54, 1.807) is 0 Å². The molecule has 1 amide bonds. The van der Waals surface area contributed by atoms with E-state index >= 15 is 0 Å². The number of hydrogen-bond donors (Lipinski definition) is 1. The Hall–Kier alpha value is -1.96. The van der Waals surface area contributed by atoms with Crippen LogP contribution in [0.3, 0.4) is 0 Å². The van der Waals surface area contributed by atoms with Crippen molar-refractivity contribution in [1.82, 2.24) is 5.32 Å². The van der Waals surface area contributed by atoms with Crippen molar-refractivity contribution < 1.29 is 13.6 Å². The normalized spacial score (nSPS) is 9.56. The second kappa shape index (κ2) is 5.81. The van der Waals surface area contributed by atoms with Gasteiger partial charge in [0.1, 0.15) is 11.6 Å². The van der Waals surface area contributed by atoms with E-state index in [4.69, 9.17) is 5.26 Å². The summed E-state index contributed by atoms with van der Waals surface area (Å²) in [5.41, 5.74) is 0.135. The molecule has 0 saturated heterocycles. The molecule has 16 heavy (non-hydrogen) atoms. The van der Waals surface area contributed by atoms with Gasteiger partial charge in [-0.2, -0.15) is 5.26 Å². The van der Waals surface area contributed by atoms with Crippen LogP contribution in [-0.4, -0.2) is 12.5 Å². The zero-order chi connectivity index (χ0) is 12.0. The Morgan fingerprint density at radius 3 is 2.81 bits per heavy atom. The standard InChI is InChI=1S/C11H10F2N2O/c12-9-3-2-8(10(13)7-9)6-11(16)15-5-1-4-14/h2-3,7H,1,5-6H2,(H,15,16). The van der Waals surface area contributed by atoms with Crippen LogP contribution in [0.4, 0.5) is 8.78 Å². The van der Waals surface area contributed by atoms with E-state index in [2.05, 4.69) is 5.32 Å². The molecule has 0 heterocycles. The van der Waals surface area contributed by atoms with Crippen LogP contribution < -0.4 is 5.32 Å². The molecule has 0 saturated carbocycles. The Morgan fingerprint density at radius 1 is 1.44 bits per heavy atom. The summed E-state index contributed by atoms with van der Waals surface area (Å²) in [7, 11) is 0. The first kappa shape index (κ1) is 12.1. The SMILES string of the molecule is N#CCCNC(=O)Cc1ccc(F)cc1F. The van der Waals surface area contributed by atoms with Gasteiger partial charge in [0.05, 0.1) is 18.9 Å².